The van der Waals surface area contributed by atoms with Crippen molar-refractivity contribution in [2.45, 2.75) is 13.0 Å². The topological polar surface area (TPSA) is 55.2 Å². The van der Waals surface area contributed by atoms with Gasteiger partial charge in [0, 0.05) is 6.07 Å². The predicted molar refractivity (Wildman–Crippen MR) is 63.5 cm³/mol. The molecule has 0 amide bonds. The zero-order valence-electron chi connectivity index (χ0n) is 8.88. The third kappa shape index (κ3) is 2.11. The van der Waals surface area contributed by atoms with Gasteiger partial charge in [-0.25, -0.2) is 0 Å². The summed E-state index contributed by atoms with van der Waals surface area (Å²) in [6.07, 6.45) is 7.73. The minimum Gasteiger partial charge on any atom is -0.370 e. The predicted octanol–water partition coefficient (Wildman–Crippen LogP) is 2.81. The van der Waals surface area contributed by atoms with Gasteiger partial charge in [-0.2, -0.15) is 0 Å². The maximum atomic E-state index is 10.8. The number of nitro groups is 1. The Morgan fingerprint density at radius 2 is 2.00 bits per heavy atom. The fraction of sp³-hybridized carbons (Fsp3) is 0.167. The van der Waals surface area contributed by atoms with Crippen molar-refractivity contribution in [1.82, 2.24) is 0 Å². The van der Waals surface area contributed by atoms with E-state index in [0.717, 1.165) is 5.56 Å². The Morgan fingerprint density at radius 3 is 2.62 bits per heavy atom. The lowest BCUT2D eigenvalue weighted by Gasteiger charge is -2.11. The summed E-state index contributed by atoms with van der Waals surface area (Å²) in [5.74, 6) is 0. The Bertz CT molecular complexity index is 466. The first-order chi connectivity index (χ1) is 7.66. The van der Waals surface area contributed by atoms with Gasteiger partial charge in [-0.3, -0.25) is 10.1 Å². The van der Waals surface area contributed by atoms with Crippen LogP contribution in [0.15, 0.2) is 42.5 Å². The van der Waals surface area contributed by atoms with Crippen molar-refractivity contribution in [3.8, 4) is 0 Å². The van der Waals surface area contributed by atoms with Gasteiger partial charge in [-0.1, -0.05) is 30.4 Å². The van der Waals surface area contributed by atoms with E-state index in [1.165, 1.54) is 6.07 Å². The molecule has 0 saturated heterocycles. The lowest BCUT2D eigenvalue weighted by molar-refractivity contribution is -0.384. The summed E-state index contributed by atoms with van der Waals surface area (Å²) in [5.41, 5.74) is 1.67. The fourth-order valence-electron chi connectivity index (χ4n) is 1.63. The molecule has 2 rings (SSSR count). The number of hydrogen-bond donors (Lipinski definition) is 1. The van der Waals surface area contributed by atoms with Crippen molar-refractivity contribution in [1.29, 1.82) is 0 Å². The van der Waals surface area contributed by atoms with Crippen LogP contribution in [0.5, 0.6) is 0 Å². The van der Waals surface area contributed by atoms with Crippen LogP contribution in [0.2, 0.25) is 0 Å². The van der Waals surface area contributed by atoms with Gasteiger partial charge in [0.15, 0.2) is 0 Å². The number of allylic oxidation sites excluding steroid dienone is 2. The molecule has 0 bridgehead atoms. The monoisotopic (exact) mass is 216 g/mol. The number of nitrogens with one attached hydrogen (secondary N) is 1. The number of rotatable bonds is 3. The molecule has 1 aliphatic rings. The normalized spacial score (nSPS) is 14.3. The number of aryl methyl sites for hydroxylation is 1. The molecule has 0 atom stereocenters. The summed E-state index contributed by atoms with van der Waals surface area (Å²) in [6, 6.07) is 5.10. The molecular formula is C12H12N2O2. The van der Waals surface area contributed by atoms with Crippen LogP contribution in [-0.4, -0.2) is 11.0 Å². The lowest BCUT2D eigenvalue weighted by atomic mass is 10.1. The third-order valence-electron chi connectivity index (χ3n) is 2.42. The SMILES string of the molecule is Cc1ccc([N+](=O)[O-])c(NC2C=CC=C2)c1. The average molecular weight is 216 g/mol. The molecule has 0 fully saturated rings. The fourth-order valence-corrected chi connectivity index (χ4v) is 1.63. The molecule has 4 heteroatoms. The molecule has 1 aromatic carbocycles. The highest BCUT2D eigenvalue weighted by molar-refractivity contribution is 5.64. The second kappa shape index (κ2) is 4.18. The molecule has 0 radical (unpaired) electrons. The number of nitro benzene ring substituents is 1. The highest BCUT2D eigenvalue weighted by atomic mass is 16.6. The zero-order chi connectivity index (χ0) is 11.5. The molecule has 0 unspecified atom stereocenters. The van der Waals surface area contributed by atoms with E-state index >= 15 is 0 Å². The van der Waals surface area contributed by atoms with Crippen molar-refractivity contribution in [2.24, 2.45) is 0 Å². The van der Waals surface area contributed by atoms with Crippen molar-refractivity contribution in [3.63, 3.8) is 0 Å². The molecule has 1 N–H and O–H groups in total. The number of benzene rings is 1. The molecule has 0 heterocycles. The Kier molecular flexibility index (Phi) is 2.72. The van der Waals surface area contributed by atoms with E-state index < -0.39 is 0 Å². The minimum absolute atomic E-state index is 0.0421. The van der Waals surface area contributed by atoms with Crippen LogP contribution in [0.4, 0.5) is 11.4 Å². The maximum absolute atomic E-state index is 10.8. The van der Waals surface area contributed by atoms with Gasteiger partial charge in [0.25, 0.3) is 5.69 Å². The van der Waals surface area contributed by atoms with Gasteiger partial charge in [0.05, 0.1) is 11.0 Å². The van der Waals surface area contributed by atoms with Crippen molar-refractivity contribution in [2.75, 3.05) is 5.32 Å². The quantitative estimate of drug-likeness (QED) is 0.624. The second-order valence-electron chi connectivity index (χ2n) is 3.72. The standard InChI is InChI=1S/C12H12N2O2/c1-9-6-7-12(14(15)16)11(8-9)13-10-4-2-3-5-10/h2-8,10,13H,1H3. The summed E-state index contributed by atoms with van der Waals surface area (Å²) in [5, 5.41) is 14.0. The van der Waals surface area contributed by atoms with Gasteiger partial charge < -0.3 is 5.32 Å². The molecule has 0 saturated carbocycles. The molecule has 1 aliphatic carbocycles. The molecule has 4 nitrogen and oxygen atoms in total. The molecule has 0 aromatic heterocycles. The van der Waals surface area contributed by atoms with Gasteiger partial charge in [-0.05, 0) is 18.6 Å². The van der Waals surface area contributed by atoms with Crippen molar-refractivity contribution < 1.29 is 4.92 Å². The summed E-state index contributed by atoms with van der Waals surface area (Å²) in [4.78, 5) is 10.5. The minimum atomic E-state index is -0.371. The van der Waals surface area contributed by atoms with Crippen molar-refractivity contribution in [3.05, 3.63) is 58.2 Å². The smallest absolute Gasteiger partial charge is 0.292 e. The Hall–Kier alpha value is -2.10. The third-order valence-corrected chi connectivity index (χ3v) is 2.42. The van der Waals surface area contributed by atoms with E-state index in [0.29, 0.717) is 5.69 Å². The van der Waals surface area contributed by atoms with Crippen molar-refractivity contribution >= 4 is 11.4 Å². The maximum Gasteiger partial charge on any atom is 0.292 e. The molecule has 1 aromatic rings. The largest absolute Gasteiger partial charge is 0.370 e. The first-order valence-electron chi connectivity index (χ1n) is 5.03. The van der Waals surface area contributed by atoms with Gasteiger partial charge >= 0.3 is 0 Å². The highest BCUT2D eigenvalue weighted by Crippen LogP contribution is 2.26. The van der Waals surface area contributed by atoms with E-state index in [1.807, 2.05) is 31.2 Å². The van der Waals surface area contributed by atoms with E-state index in [2.05, 4.69) is 5.32 Å². The molecule has 0 aliphatic heterocycles. The highest BCUT2D eigenvalue weighted by Gasteiger charge is 2.15. The van der Waals surface area contributed by atoms with Gasteiger partial charge in [0.2, 0.25) is 0 Å². The van der Waals surface area contributed by atoms with E-state index in [9.17, 15) is 10.1 Å². The number of anilines is 1. The van der Waals surface area contributed by atoms with E-state index in [-0.39, 0.29) is 16.7 Å². The molecule has 0 spiro atoms. The number of nitrogens with zero attached hydrogens (tertiary/aromatic N) is 1. The van der Waals surface area contributed by atoms with Crippen LogP contribution >= 0.6 is 0 Å². The van der Waals surface area contributed by atoms with E-state index in [4.69, 9.17) is 0 Å². The Balaban J connectivity index is 2.30. The van der Waals surface area contributed by atoms with Crippen LogP contribution in [0.1, 0.15) is 5.56 Å². The summed E-state index contributed by atoms with van der Waals surface area (Å²) < 4.78 is 0. The molecular weight excluding hydrogens is 204 g/mol. The van der Waals surface area contributed by atoms with Gasteiger partial charge in [0.1, 0.15) is 5.69 Å². The van der Waals surface area contributed by atoms with Crippen LogP contribution < -0.4 is 5.32 Å². The molecule has 82 valence electrons. The Labute approximate surface area is 93.4 Å². The van der Waals surface area contributed by atoms with E-state index in [1.54, 1.807) is 12.1 Å². The summed E-state index contributed by atoms with van der Waals surface area (Å²) in [6.45, 7) is 1.91. The summed E-state index contributed by atoms with van der Waals surface area (Å²) in [7, 11) is 0. The van der Waals surface area contributed by atoms with Crippen LogP contribution in [0.3, 0.4) is 0 Å². The van der Waals surface area contributed by atoms with Crippen LogP contribution in [0, 0.1) is 17.0 Å². The van der Waals surface area contributed by atoms with Crippen LogP contribution in [-0.2, 0) is 0 Å². The summed E-state index contributed by atoms with van der Waals surface area (Å²) >= 11 is 0. The van der Waals surface area contributed by atoms with Crippen LogP contribution in [0.25, 0.3) is 0 Å². The average Bonchev–Trinajstić information content (AvgIpc) is 2.70. The second-order valence-corrected chi connectivity index (χ2v) is 3.72. The van der Waals surface area contributed by atoms with Gasteiger partial charge in [-0.15, -0.1) is 0 Å². The first kappa shape index (κ1) is 10.4. The molecule has 16 heavy (non-hydrogen) atoms. The zero-order valence-corrected chi connectivity index (χ0v) is 8.88. The first-order valence-corrected chi connectivity index (χ1v) is 5.03. The number of hydrogen-bond acceptors (Lipinski definition) is 3. The Morgan fingerprint density at radius 1 is 1.31 bits per heavy atom. The lowest BCUT2D eigenvalue weighted by Crippen LogP contribution is -2.13.